The molecule has 0 unspecified atom stereocenters. The Bertz CT molecular complexity index is 372. The molecular formula is C8H8ClNO3. The normalized spacial score (nSPS) is 9.69. The van der Waals surface area contributed by atoms with Crippen LogP contribution in [0.3, 0.4) is 0 Å². The highest BCUT2D eigenvalue weighted by Gasteiger charge is 2.06. The Kier molecular flexibility index (Phi) is 3.08. The summed E-state index contributed by atoms with van der Waals surface area (Å²) in [6, 6.07) is 2.58. The Labute approximate surface area is 79.8 Å². The molecule has 0 bridgehead atoms. The summed E-state index contributed by atoms with van der Waals surface area (Å²) < 4.78 is 5.52. The monoisotopic (exact) mass is 201 g/mol. The van der Waals surface area contributed by atoms with Crippen LogP contribution >= 0.6 is 11.8 Å². The first-order chi connectivity index (χ1) is 6.15. The van der Waals surface area contributed by atoms with Gasteiger partial charge in [-0.15, -0.1) is 0 Å². The van der Waals surface area contributed by atoms with E-state index in [0.29, 0.717) is 6.61 Å². The molecule has 0 fully saturated rings. The van der Waals surface area contributed by atoms with E-state index in [1.807, 2.05) is 0 Å². The SMILES string of the molecule is CCOC(=O)c1ccc(=O)n(Cl)c1. The molecular weight excluding hydrogens is 194 g/mol. The fourth-order valence-electron chi connectivity index (χ4n) is 0.796. The van der Waals surface area contributed by atoms with Crippen molar-refractivity contribution in [3.63, 3.8) is 0 Å². The number of carbonyl (C=O) groups excluding carboxylic acids is 1. The van der Waals surface area contributed by atoms with Crippen LogP contribution in [0.5, 0.6) is 0 Å². The van der Waals surface area contributed by atoms with Crippen molar-refractivity contribution in [2.45, 2.75) is 6.92 Å². The lowest BCUT2D eigenvalue weighted by molar-refractivity contribution is 0.0525. The molecule has 5 heteroatoms. The minimum atomic E-state index is -0.489. The van der Waals surface area contributed by atoms with Crippen molar-refractivity contribution in [2.75, 3.05) is 6.61 Å². The van der Waals surface area contributed by atoms with E-state index in [0.717, 1.165) is 4.09 Å². The second kappa shape index (κ2) is 4.09. The van der Waals surface area contributed by atoms with Crippen LogP contribution in [0.15, 0.2) is 23.1 Å². The minimum absolute atomic E-state index is 0.261. The topological polar surface area (TPSA) is 48.3 Å². The third-order valence-electron chi connectivity index (χ3n) is 1.38. The summed E-state index contributed by atoms with van der Waals surface area (Å²) in [5.41, 5.74) is -0.119. The van der Waals surface area contributed by atoms with E-state index in [9.17, 15) is 9.59 Å². The van der Waals surface area contributed by atoms with Crippen LogP contribution in [0, 0.1) is 0 Å². The number of esters is 1. The van der Waals surface area contributed by atoms with Crippen molar-refractivity contribution >= 4 is 17.7 Å². The van der Waals surface area contributed by atoms with E-state index in [1.54, 1.807) is 6.92 Å². The van der Waals surface area contributed by atoms with E-state index in [2.05, 4.69) is 0 Å². The lowest BCUT2D eigenvalue weighted by Gasteiger charge is -2.01. The standard InChI is InChI=1S/C8H8ClNO3/c1-2-13-8(12)6-3-4-7(11)10(9)5-6/h3-5H,2H2,1H3. The van der Waals surface area contributed by atoms with Gasteiger partial charge in [-0.25, -0.2) is 8.88 Å². The van der Waals surface area contributed by atoms with Crippen LogP contribution in [-0.2, 0) is 4.74 Å². The Morgan fingerprint density at radius 3 is 2.85 bits per heavy atom. The lowest BCUT2D eigenvalue weighted by atomic mass is 10.3. The van der Waals surface area contributed by atoms with Crippen molar-refractivity contribution in [3.05, 3.63) is 34.2 Å². The Balaban J connectivity index is 2.97. The van der Waals surface area contributed by atoms with Crippen molar-refractivity contribution in [3.8, 4) is 0 Å². The van der Waals surface area contributed by atoms with Crippen LogP contribution in [0.25, 0.3) is 0 Å². The average Bonchev–Trinajstić information content (AvgIpc) is 2.10. The van der Waals surface area contributed by atoms with E-state index in [-0.39, 0.29) is 11.1 Å². The van der Waals surface area contributed by atoms with Gasteiger partial charge >= 0.3 is 5.97 Å². The maximum atomic E-state index is 11.1. The lowest BCUT2D eigenvalue weighted by Crippen LogP contribution is -2.14. The summed E-state index contributed by atoms with van der Waals surface area (Å²) in [6.45, 7) is 1.99. The molecule has 4 nitrogen and oxygen atoms in total. The largest absolute Gasteiger partial charge is 0.462 e. The van der Waals surface area contributed by atoms with Gasteiger partial charge in [-0.1, -0.05) is 0 Å². The molecule has 0 amide bonds. The van der Waals surface area contributed by atoms with Gasteiger partial charge in [-0.2, -0.15) is 0 Å². The van der Waals surface area contributed by atoms with E-state index < -0.39 is 5.97 Å². The molecule has 0 radical (unpaired) electrons. The molecule has 0 saturated carbocycles. The highest BCUT2D eigenvalue weighted by Crippen LogP contribution is 1.99. The zero-order valence-electron chi connectivity index (χ0n) is 6.99. The molecule has 0 aliphatic rings. The quantitative estimate of drug-likeness (QED) is 0.672. The number of rotatable bonds is 2. The van der Waals surface area contributed by atoms with Crippen LogP contribution in [0.2, 0.25) is 0 Å². The Morgan fingerprint density at radius 1 is 1.62 bits per heavy atom. The maximum Gasteiger partial charge on any atom is 0.339 e. The summed E-state index contributed by atoms with van der Waals surface area (Å²) in [6.07, 6.45) is 1.22. The molecule has 13 heavy (non-hydrogen) atoms. The third kappa shape index (κ3) is 2.32. The number of hydrogen-bond donors (Lipinski definition) is 0. The first kappa shape index (κ1) is 9.80. The van der Waals surface area contributed by atoms with Crippen LogP contribution in [0.1, 0.15) is 17.3 Å². The van der Waals surface area contributed by atoms with Gasteiger partial charge < -0.3 is 4.74 Å². The highest BCUT2D eigenvalue weighted by molar-refractivity contribution is 6.15. The molecule has 0 atom stereocenters. The predicted octanol–water partition coefficient (Wildman–Crippen LogP) is 1.03. The van der Waals surface area contributed by atoms with Gasteiger partial charge in [0.15, 0.2) is 0 Å². The number of pyridine rings is 1. The highest BCUT2D eigenvalue weighted by atomic mass is 35.5. The van der Waals surface area contributed by atoms with Gasteiger partial charge in [-0.05, 0) is 13.0 Å². The fraction of sp³-hybridized carbons (Fsp3) is 0.250. The van der Waals surface area contributed by atoms with Gasteiger partial charge in [0.25, 0.3) is 5.56 Å². The van der Waals surface area contributed by atoms with E-state index in [1.165, 1.54) is 18.3 Å². The fourth-order valence-corrected chi connectivity index (χ4v) is 0.958. The molecule has 0 aromatic carbocycles. The second-order valence-electron chi connectivity index (χ2n) is 2.29. The van der Waals surface area contributed by atoms with Crippen molar-refractivity contribution in [1.29, 1.82) is 0 Å². The minimum Gasteiger partial charge on any atom is -0.462 e. The summed E-state index contributed by atoms with van der Waals surface area (Å²) in [7, 11) is 0. The zero-order chi connectivity index (χ0) is 9.84. The van der Waals surface area contributed by atoms with E-state index in [4.69, 9.17) is 16.5 Å². The molecule has 0 saturated heterocycles. The van der Waals surface area contributed by atoms with Gasteiger partial charge in [0.2, 0.25) is 0 Å². The Morgan fingerprint density at radius 2 is 2.31 bits per heavy atom. The molecule has 0 spiro atoms. The van der Waals surface area contributed by atoms with E-state index >= 15 is 0 Å². The number of halogens is 1. The van der Waals surface area contributed by atoms with Gasteiger partial charge in [-0.3, -0.25) is 4.79 Å². The molecule has 1 aromatic rings. The molecule has 0 aliphatic carbocycles. The number of aromatic nitrogens is 1. The molecule has 0 aliphatic heterocycles. The zero-order valence-corrected chi connectivity index (χ0v) is 7.75. The third-order valence-corrected chi connectivity index (χ3v) is 1.64. The Hall–Kier alpha value is -1.29. The molecule has 0 N–H and O–H groups in total. The smallest absolute Gasteiger partial charge is 0.339 e. The van der Waals surface area contributed by atoms with Gasteiger partial charge in [0.1, 0.15) is 0 Å². The molecule has 1 rings (SSSR count). The molecule has 1 aromatic heterocycles. The maximum absolute atomic E-state index is 11.1. The van der Waals surface area contributed by atoms with Crippen LogP contribution in [-0.4, -0.2) is 16.7 Å². The van der Waals surface area contributed by atoms with Gasteiger partial charge in [0.05, 0.1) is 12.2 Å². The first-order valence-corrected chi connectivity index (χ1v) is 4.05. The summed E-state index contributed by atoms with van der Waals surface area (Å²) >= 11 is 5.45. The van der Waals surface area contributed by atoms with Crippen LogP contribution < -0.4 is 5.56 Å². The van der Waals surface area contributed by atoms with Crippen molar-refractivity contribution < 1.29 is 9.53 Å². The second-order valence-corrected chi connectivity index (χ2v) is 2.65. The predicted molar refractivity (Wildman–Crippen MR) is 47.9 cm³/mol. The van der Waals surface area contributed by atoms with Crippen molar-refractivity contribution in [1.82, 2.24) is 4.09 Å². The number of ether oxygens (including phenoxy) is 1. The molecule has 70 valence electrons. The van der Waals surface area contributed by atoms with Crippen molar-refractivity contribution in [2.24, 2.45) is 0 Å². The summed E-state index contributed by atoms with van der Waals surface area (Å²) in [4.78, 5) is 21.9. The van der Waals surface area contributed by atoms with Gasteiger partial charge in [0, 0.05) is 24.0 Å². The first-order valence-electron chi connectivity index (χ1n) is 3.71. The summed E-state index contributed by atoms with van der Waals surface area (Å²) in [5.74, 6) is -0.489. The number of hydrogen-bond acceptors (Lipinski definition) is 3. The number of nitrogens with zero attached hydrogens (tertiary/aromatic N) is 1. The summed E-state index contributed by atoms with van der Waals surface area (Å²) in [5, 5.41) is 0. The average molecular weight is 202 g/mol. The number of carbonyl (C=O) groups is 1. The van der Waals surface area contributed by atoms with Crippen LogP contribution in [0.4, 0.5) is 0 Å². The molecule has 1 heterocycles.